The Bertz CT molecular complexity index is 578. The smallest absolute Gasteiger partial charge is 0.0644 e. The van der Waals surface area contributed by atoms with Gasteiger partial charge >= 0.3 is 0 Å². The minimum Gasteiger partial charge on any atom is -0.394 e. The second kappa shape index (κ2) is 8.11. The zero-order valence-electron chi connectivity index (χ0n) is 13.9. The molecule has 0 aliphatic carbocycles. The number of aryl methyl sites for hydroxylation is 2. The lowest BCUT2D eigenvalue weighted by Crippen LogP contribution is -2.20. The van der Waals surface area contributed by atoms with Gasteiger partial charge < -0.3 is 10.0 Å². The van der Waals surface area contributed by atoms with E-state index in [1.54, 1.807) is 0 Å². The first-order chi connectivity index (χ1) is 10.6. The Labute approximate surface area is 133 Å². The standard InChI is InChI=1S/C18H27N3O/c1-15-18(16(2)21(19-15)12-13-22)14-20(3)11-7-10-17-8-5-4-6-9-17/h4-6,8-9,22H,7,10-14H2,1-3H3. The molecule has 1 heterocycles. The molecule has 0 saturated carbocycles. The SMILES string of the molecule is Cc1nn(CCO)c(C)c1CN(C)CCCc1ccccc1. The first-order valence-electron chi connectivity index (χ1n) is 7.98. The number of aromatic nitrogens is 2. The Morgan fingerprint density at radius 1 is 1.18 bits per heavy atom. The molecule has 0 fully saturated rings. The minimum absolute atomic E-state index is 0.133. The molecule has 1 N–H and O–H groups in total. The van der Waals surface area contributed by atoms with Gasteiger partial charge in [0.15, 0.2) is 0 Å². The molecule has 0 aliphatic heterocycles. The fraction of sp³-hybridized carbons (Fsp3) is 0.500. The van der Waals surface area contributed by atoms with Gasteiger partial charge in [-0.25, -0.2) is 0 Å². The molecule has 2 aromatic rings. The van der Waals surface area contributed by atoms with Gasteiger partial charge in [0.05, 0.1) is 18.8 Å². The predicted molar refractivity (Wildman–Crippen MR) is 89.9 cm³/mol. The molecule has 120 valence electrons. The zero-order chi connectivity index (χ0) is 15.9. The molecule has 4 nitrogen and oxygen atoms in total. The Kier molecular flexibility index (Phi) is 6.16. The quantitative estimate of drug-likeness (QED) is 0.815. The third-order valence-corrected chi connectivity index (χ3v) is 4.12. The van der Waals surface area contributed by atoms with E-state index in [-0.39, 0.29) is 6.61 Å². The van der Waals surface area contributed by atoms with Gasteiger partial charge in [-0.15, -0.1) is 0 Å². The summed E-state index contributed by atoms with van der Waals surface area (Å²) in [5.74, 6) is 0. The minimum atomic E-state index is 0.133. The Morgan fingerprint density at radius 2 is 1.91 bits per heavy atom. The van der Waals surface area contributed by atoms with Crippen LogP contribution in [-0.4, -0.2) is 40.0 Å². The van der Waals surface area contributed by atoms with Crippen LogP contribution < -0.4 is 0 Å². The van der Waals surface area contributed by atoms with Crippen LogP contribution in [0.1, 0.15) is 28.9 Å². The summed E-state index contributed by atoms with van der Waals surface area (Å²) in [5, 5.41) is 13.6. The van der Waals surface area contributed by atoms with E-state index in [4.69, 9.17) is 5.11 Å². The van der Waals surface area contributed by atoms with Crippen molar-refractivity contribution < 1.29 is 5.11 Å². The molecule has 1 aromatic heterocycles. The summed E-state index contributed by atoms with van der Waals surface area (Å²) in [7, 11) is 2.16. The molecule has 0 unspecified atom stereocenters. The maximum atomic E-state index is 9.08. The van der Waals surface area contributed by atoms with Crippen molar-refractivity contribution in [2.45, 2.75) is 39.8 Å². The highest BCUT2D eigenvalue weighted by molar-refractivity contribution is 5.24. The van der Waals surface area contributed by atoms with Crippen molar-refractivity contribution in [3.63, 3.8) is 0 Å². The van der Waals surface area contributed by atoms with Crippen LogP contribution >= 0.6 is 0 Å². The highest BCUT2D eigenvalue weighted by atomic mass is 16.3. The second-order valence-electron chi connectivity index (χ2n) is 5.92. The Balaban J connectivity index is 1.85. The van der Waals surface area contributed by atoms with Crippen LogP contribution in [0.5, 0.6) is 0 Å². The molecule has 0 radical (unpaired) electrons. The first-order valence-corrected chi connectivity index (χ1v) is 7.98. The van der Waals surface area contributed by atoms with Crippen molar-refractivity contribution in [2.24, 2.45) is 0 Å². The fourth-order valence-corrected chi connectivity index (χ4v) is 2.82. The predicted octanol–water partition coefficient (Wildman–Crippen LogP) is 2.56. The molecular weight excluding hydrogens is 274 g/mol. The lowest BCUT2D eigenvalue weighted by Gasteiger charge is -2.17. The van der Waals surface area contributed by atoms with Crippen LogP contribution in [0.25, 0.3) is 0 Å². The van der Waals surface area contributed by atoms with E-state index >= 15 is 0 Å². The Hall–Kier alpha value is -1.65. The van der Waals surface area contributed by atoms with Crippen molar-refractivity contribution >= 4 is 0 Å². The topological polar surface area (TPSA) is 41.3 Å². The summed E-state index contributed by atoms with van der Waals surface area (Å²) in [4.78, 5) is 2.35. The maximum Gasteiger partial charge on any atom is 0.0644 e. The van der Waals surface area contributed by atoms with Crippen LogP contribution in [0.15, 0.2) is 30.3 Å². The van der Waals surface area contributed by atoms with Crippen molar-refractivity contribution in [3.05, 3.63) is 52.8 Å². The summed E-state index contributed by atoms with van der Waals surface area (Å²) in [5.41, 5.74) is 4.93. The number of aliphatic hydroxyl groups excluding tert-OH is 1. The summed E-state index contributed by atoms with van der Waals surface area (Å²) < 4.78 is 1.91. The molecule has 2 rings (SSSR count). The molecule has 0 amide bonds. The number of rotatable bonds is 8. The lowest BCUT2D eigenvalue weighted by molar-refractivity contribution is 0.267. The highest BCUT2D eigenvalue weighted by Gasteiger charge is 2.12. The van der Waals surface area contributed by atoms with Gasteiger partial charge in [-0.05, 0) is 45.8 Å². The van der Waals surface area contributed by atoms with Gasteiger partial charge in [0, 0.05) is 17.8 Å². The second-order valence-corrected chi connectivity index (χ2v) is 5.92. The van der Waals surface area contributed by atoms with Crippen LogP contribution in [-0.2, 0) is 19.5 Å². The fourth-order valence-electron chi connectivity index (χ4n) is 2.82. The molecule has 0 aliphatic rings. The van der Waals surface area contributed by atoms with Crippen molar-refractivity contribution in [1.82, 2.24) is 14.7 Å². The monoisotopic (exact) mass is 301 g/mol. The maximum absolute atomic E-state index is 9.08. The summed E-state index contributed by atoms with van der Waals surface area (Å²) in [6.45, 7) is 6.83. The number of hydrogen-bond acceptors (Lipinski definition) is 3. The van der Waals surface area contributed by atoms with E-state index in [1.807, 2.05) is 11.6 Å². The number of benzene rings is 1. The van der Waals surface area contributed by atoms with Gasteiger partial charge in [0.25, 0.3) is 0 Å². The van der Waals surface area contributed by atoms with E-state index in [0.717, 1.165) is 31.6 Å². The van der Waals surface area contributed by atoms with Gasteiger partial charge in [0.2, 0.25) is 0 Å². The summed E-state index contributed by atoms with van der Waals surface area (Å²) >= 11 is 0. The third kappa shape index (κ3) is 4.42. The molecule has 0 saturated heterocycles. The summed E-state index contributed by atoms with van der Waals surface area (Å²) in [6.07, 6.45) is 2.27. The molecular formula is C18H27N3O. The molecule has 0 spiro atoms. The first kappa shape index (κ1) is 16.7. The van der Waals surface area contributed by atoms with Crippen molar-refractivity contribution in [3.8, 4) is 0 Å². The van der Waals surface area contributed by atoms with E-state index < -0.39 is 0 Å². The van der Waals surface area contributed by atoms with E-state index in [9.17, 15) is 0 Å². The van der Waals surface area contributed by atoms with Crippen LogP contribution in [0.2, 0.25) is 0 Å². The van der Waals surface area contributed by atoms with Crippen molar-refractivity contribution in [2.75, 3.05) is 20.2 Å². The lowest BCUT2D eigenvalue weighted by atomic mass is 10.1. The molecule has 0 bridgehead atoms. The molecule has 1 aromatic carbocycles. The van der Waals surface area contributed by atoms with Crippen LogP contribution in [0, 0.1) is 13.8 Å². The molecule has 0 atom stereocenters. The van der Waals surface area contributed by atoms with Crippen LogP contribution in [0.3, 0.4) is 0 Å². The normalized spacial score (nSPS) is 11.3. The number of nitrogens with zero attached hydrogens (tertiary/aromatic N) is 3. The number of aliphatic hydroxyl groups is 1. The average Bonchev–Trinajstić information content (AvgIpc) is 2.76. The largest absolute Gasteiger partial charge is 0.394 e. The molecule has 4 heteroatoms. The molecule has 22 heavy (non-hydrogen) atoms. The van der Waals surface area contributed by atoms with Crippen molar-refractivity contribution in [1.29, 1.82) is 0 Å². The van der Waals surface area contributed by atoms with E-state index in [0.29, 0.717) is 6.54 Å². The Morgan fingerprint density at radius 3 is 2.59 bits per heavy atom. The van der Waals surface area contributed by atoms with E-state index in [1.165, 1.54) is 16.8 Å². The van der Waals surface area contributed by atoms with Gasteiger partial charge in [-0.3, -0.25) is 4.68 Å². The van der Waals surface area contributed by atoms with Gasteiger partial charge in [-0.1, -0.05) is 30.3 Å². The average molecular weight is 301 g/mol. The van der Waals surface area contributed by atoms with E-state index in [2.05, 4.69) is 54.3 Å². The summed E-state index contributed by atoms with van der Waals surface area (Å²) in [6, 6.07) is 10.6. The number of hydrogen-bond donors (Lipinski definition) is 1. The third-order valence-electron chi connectivity index (χ3n) is 4.12. The zero-order valence-corrected chi connectivity index (χ0v) is 13.9. The highest BCUT2D eigenvalue weighted by Crippen LogP contribution is 2.15. The van der Waals surface area contributed by atoms with Gasteiger partial charge in [0.1, 0.15) is 0 Å². The van der Waals surface area contributed by atoms with Gasteiger partial charge in [-0.2, -0.15) is 5.10 Å². The van der Waals surface area contributed by atoms with Crippen LogP contribution in [0.4, 0.5) is 0 Å².